The number of halogens is 2. The minimum atomic E-state index is -1.09. The van der Waals surface area contributed by atoms with Crippen molar-refractivity contribution in [2.24, 2.45) is 0 Å². The first-order chi connectivity index (χ1) is 12.9. The number of benzene rings is 1. The van der Waals surface area contributed by atoms with E-state index in [1.54, 1.807) is 18.2 Å². The van der Waals surface area contributed by atoms with E-state index in [0.717, 1.165) is 5.56 Å². The highest BCUT2D eigenvalue weighted by Crippen LogP contribution is 2.25. The number of nitrogens with zero attached hydrogens (tertiary/aromatic N) is 2. The summed E-state index contributed by atoms with van der Waals surface area (Å²) in [4.78, 5) is 39.5. The Labute approximate surface area is 167 Å². The maximum absolute atomic E-state index is 12.8. The third kappa shape index (κ3) is 4.30. The maximum atomic E-state index is 12.8. The fourth-order valence-electron chi connectivity index (χ4n) is 3.71. The molecule has 2 fully saturated rings. The summed E-state index contributed by atoms with van der Waals surface area (Å²) in [7, 11) is 0. The van der Waals surface area contributed by atoms with Gasteiger partial charge in [0.25, 0.3) is 0 Å². The second-order valence-electron chi connectivity index (χ2n) is 6.78. The molecule has 7 nitrogen and oxygen atoms in total. The quantitative estimate of drug-likeness (QED) is 0.793. The number of carbonyl (C=O) groups excluding carboxylic acids is 2. The molecule has 146 valence electrons. The Morgan fingerprint density at radius 3 is 2.41 bits per heavy atom. The first-order valence-corrected chi connectivity index (χ1v) is 9.65. The highest BCUT2D eigenvalue weighted by molar-refractivity contribution is 6.35. The molecule has 0 radical (unpaired) electrons. The van der Waals surface area contributed by atoms with E-state index in [-0.39, 0.29) is 18.4 Å². The molecule has 2 atom stereocenters. The van der Waals surface area contributed by atoms with Gasteiger partial charge in [-0.05, 0) is 43.4 Å². The van der Waals surface area contributed by atoms with Gasteiger partial charge >= 0.3 is 6.09 Å². The van der Waals surface area contributed by atoms with Crippen LogP contribution in [0.15, 0.2) is 18.2 Å². The standard InChI is InChI=1S/C18H21Cl2N3O4/c19-12-6-5-11(13(20)9-12)10-21-16(24)14-3-1-7-22(14)17(25)15-4-2-8-23(15)18(26)27/h5-6,9,14-15H,1-4,7-8,10H2,(H,21,24)(H,26,27). The van der Waals surface area contributed by atoms with Crippen LogP contribution in [0.4, 0.5) is 4.79 Å². The fourth-order valence-corrected chi connectivity index (χ4v) is 4.19. The van der Waals surface area contributed by atoms with E-state index in [0.29, 0.717) is 48.8 Å². The molecule has 0 aromatic heterocycles. The van der Waals surface area contributed by atoms with Crippen molar-refractivity contribution in [3.8, 4) is 0 Å². The van der Waals surface area contributed by atoms with E-state index in [1.165, 1.54) is 9.80 Å². The summed E-state index contributed by atoms with van der Waals surface area (Å²) in [5, 5.41) is 13.1. The van der Waals surface area contributed by atoms with Gasteiger partial charge in [-0.1, -0.05) is 29.3 Å². The average molecular weight is 414 g/mol. The average Bonchev–Trinajstić information content (AvgIpc) is 3.29. The van der Waals surface area contributed by atoms with Crippen molar-refractivity contribution in [3.05, 3.63) is 33.8 Å². The number of amides is 3. The molecular formula is C18H21Cl2N3O4. The van der Waals surface area contributed by atoms with Crippen molar-refractivity contribution in [3.63, 3.8) is 0 Å². The van der Waals surface area contributed by atoms with Crippen LogP contribution in [0, 0.1) is 0 Å². The molecule has 2 N–H and O–H groups in total. The molecule has 0 aliphatic carbocycles. The Morgan fingerprint density at radius 1 is 1.07 bits per heavy atom. The number of hydrogen-bond acceptors (Lipinski definition) is 3. The summed E-state index contributed by atoms with van der Waals surface area (Å²) in [6, 6.07) is 3.77. The van der Waals surface area contributed by atoms with Crippen molar-refractivity contribution in [1.82, 2.24) is 15.1 Å². The third-order valence-electron chi connectivity index (χ3n) is 5.09. The van der Waals surface area contributed by atoms with E-state index in [9.17, 15) is 19.5 Å². The zero-order chi connectivity index (χ0) is 19.6. The molecule has 3 rings (SSSR count). The predicted molar refractivity (Wildman–Crippen MR) is 101 cm³/mol. The topological polar surface area (TPSA) is 90.0 Å². The van der Waals surface area contributed by atoms with Crippen LogP contribution in [-0.4, -0.2) is 58.0 Å². The number of hydrogen-bond donors (Lipinski definition) is 2. The molecular weight excluding hydrogens is 393 g/mol. The van der Waals surface area contributed by atoms with Crippen LogP contribution in [0.1, 0.15) is 31.2 Å². The molecule has 1 aromatic carbocycles. The van der Waals surface area contributed by atoms with Gasteiger partial charge in [-0.25, -0.2) is 4.79 Å². The molecule has 2 aliphatic heterocycles. The van der Waals surface area contributed by atoms with E-state index in [1.807, 2.05) is 0 Å². The summed E-state index contributed by atoms with van der Waals surface area (Å²) in [6.07, 6.45) is 1.33. The summed E-state index contributed by atoms with van der Waals surface area (Å²) in [5.41, 5.74) is 0.734. The molecule has 0 bridgehead atoms. The van der Waals surface area contributed by atoms with E-state index in [2.05, 4.69) is 5.32 Å². The number of rotatable bonds is 4. The SMILES string of the molecule is O=C(NCc1ccc(Cl)cc1Cl)C1CCCN1C(=O)C1CCCN1C(=O)O. The lowest BCUT2D eigenvalue weighted by molar-refractivity contribution is -0.141. The van der Waals surface area contributed by atoms with Gasteiger partial charge in [0, 0.05) is 29.7 Å². The lowest BCUT2D eigenvalue weighted by Crippen LogP contribution is -2.52. The largest absolute Gasteiger partial charge is 0.465 e. The zero-order valence-corrected chi connectivity index (χ0v) is 16.2. The molecule has 1 aromatic rings. The lowest BCUT2D eigenvalue weighted by Gasteiger charge is -2.29. The highest BCUT2D eigenvalue weighted by Gasteiger charge is 2.42. The Bertz CT molecular complexity index is 758. The fraction of sp³-hybridized carbons (Fsp3) is 0.500. The van der Waals surface area contributed by atoms with Crippen LogP contribution < -0.4 is 5.32 Å². The lowest BCUT2D eigenvalue weighted by atomic mass is 10.1. The normalized spacial score (nSPS) is 22.1. The van der Waals surface area contributed by atoms with Crippen LogP contribution in [0.3, 0.4) is 0 Å². The first kappa shape index (κ1) is 19.8. The number of nitrogens with one attached hydrogen (secondary N) is 1. The van der Waals surface area contributed by atoms with Crippen molar-refractivity contribution in [2.75, 3.05) is 13.1 Å². The Balaban J connectivity index is 1.64. The molecule has 2 unspecified atom stereocenters. The third-order valence-corrected chi connectivity index (χ3v) is 5.68. The summed E-state index contributed by atoms with van der Waals surface area (Å²) >= 11 is 12.0. The number of carboxylic acid groups (broad SMARTS) is 1. The molecule has 0 saturated carbocycles. The Morgan fingerprint density at radius 2 is 1.74 bits per heavy atom. The molecule has 27 heavy (non-hydrogen) atoms. The van der Waals surface area contributed by atoms with Gasteiger partial charge in [0.15, 0.2) is 0 Å². The minimum Gasteiger partial charge on any atom is -0.465 e. The monoisotopic (exact) mass is 413 g/mol. The zero-order valence-electron chi connectivity index (χ0n) is 14.7. The Hall–Kier alpha value is -1.99. The van der Waals surface area contributed by atoms with Gasteiger partial charge in [0.2, 0.25) is 11.8 Å². The van der Waals surface area contributed by atoms with E-state index >= 15 is 0 Å². The highest BCUT2D eigenvalue weighted by atomic mass is 35.5. The van der Waals surface area contributed by atoms with Crippen molar-refractivity contribution < 1.29 is 19.5 Å². The van der Waals surface area contributed by atoms with Crippen LogP contribution in [0.25, 0.3) is 0 Å². The first-order valence-electron chi connectivity index (χ1n) is 8.90. The smallest absolute Gasteiger partial charge is 0.407 e. The van der Waals surface area contributed by atoms with Crippen LogP contribution in [-0.2, 0) is 16.1 Å². The predicted octanol–water partition coefficient (Wildman–Crippen LogP) is 2.74. The van der Waals surface area contributed by atoms with Crippen LogP contribution in [0.5, 0.6) is 0 Å². The summed E-state index contributed by atoms with van der Waals surface area (Å²) in [6.45, 7) is 1.05. The molecule has 2 aliphatic rings. The van der Waals surface area contributed by atoms with Gasteiger partial charge in [0.1, 0.15) is 12.1 Å². The van der Waals surface area contributed by atoms with Gasteiger partial charge in [0.05, 0.1) is 0 Å². The van der Waals surface area contributed by atoms with Crippen LogP contribution in [0.2, 0.25) is 10.0 Å². The molecule has 2 heterocycles. The summed E-state index contributed by atoms with van der Waals surface area (Å²) < 4.78 is 0. The Kier molecular flexibility index (Phi) is 6.11. The van der Waals surface area contributed by atoms with Crippen molar-refractivity contribution in [1.29, 1.82) is 0 Å². The van der Waals surface area contributed by atoms with Crippen molar-refractivity contribution >= 4 is 41.1 Å². The second kappa shape index (κ2) is 8.35. The van der Waals surface area contributed by atoms with Gasteiger partial charge in [-0.2, -0.15) is 0 Å². The number of likely N-dealkylation sites (tertiary alicyclic amines) is 2. The maximum Gasteiger partial charge on any atom is 0.407 e. The molecule has 2 saturated heterocycles. The summed E-state index contributed by atoms with van der Waals surface area (Å²) in [5.74, 6) is -0.538. The molecule has 0 spiro atoms. The van der Waals surface area contributed by atoms with Crippen molar-refractivity contribution in [2.45, 2.75) is 44.3 Å². The number of carbonyl (C=O) groups is 3. The van der Waals surface area contributed by atoms with Gasteiger partial charge < -0.3 is 15.3 Å². The van der Waals surface area contributed by atoms with Gasteiger partial charge in [-0.3, -0.25) is 14.5 Å². The molecule has 3 amide bonds. The van der Waals surface area contributed by atoms with Gasteiger partial charge in [-0.15, -0.1) is 0 Å². The van der Waals surface area contributed by atoms with E-state index in [4.69, 9.17) is 23.2 Å². The molecule has 9 heteroatoms. The van der Waals surface area contributed by atoms with Crippen LogP contribution >= 0.6 is 23.2 Å². The van der Waals surface area contributed by atoms with E-state index < -0.39 is 18.2 Å². The second-order valence-corrected chi connectivity index (χ2v) is 7.62. The minimum absolute atomic E-state index is 0.234.